The van der Waals surface area contributed by atoms with Crippen molar-refractivity contribution in [2.45, 2.75) is 232 Å². The summed E-state index contributed by atoms with van der Waals surface area (Å²) in [6, 6.07) is 0. The van der Waals surface area contributed by atoms with Gasteiger partial charge in [0.25, 0.3) is 0 Å². The van der Waals surface area contributed by atoms with Gasteiger partial charge in [-0.05, 0) is 70.6 Å². The molecule has 0 aliphatic carbocycles. The van der Waals surface area contributed by atoms with Crippen LogP contribution in [0.1, 0.15) is 226 Å². The number of rotatable bonds is 44. The maximum Gasteiger partial charge on any atom is 0.306 e. The molecule has 1 unspecified atom stereocenters. The van der Waals surface area contributed by atoms with Crippen LogP contribution in [0, 0.1) is 0 Å². The van der Waals surface area contributed by atoms with Crippen molar-refractivity contribution in [3.63, 3.8) is 0 Å². The second-order valence-electron chi connectivity index (χ2n) is 16.0. The van der Waals surface area contributed by atoms with Crippen LogP contribution in [0.25, 0.3) is 0 Å². The van der Waals surface area contributed by atoms with Crippen molar-refractivity contribution < 1.29 is 23.8 Å². The largest absolute Gasteiger partial charge is 0.462 e. The first-order valence-corrected chi connectivity index (χ1v) is 24.5. The molecule has 334 valence electrons. The molecule has 0 aliphatic rings. The first-order chi connectivity index (χ1) is 28.6. The summed E-state index contributed by atoms with van der Waals surface area (Å²) in [6.07, 6.45) is 62.0. The summed E-state index contributed by atoms with van der Waals surface area (Å²) in [5.74, 6) is -0.493. The number of allylic oxidation sites excluding steroid dienone is 12. The van der Waals surface area contributed by atoms with Crippen LogP contribution >= 0.6 is 0 Å². The summed E-state index contributed by atoms with van der Waals surface area (Å²) in [5, 5.41) is 0. The maximum absolute atomic E-state index is 12.7. The lowest BCUT2D eigenvalue weighted by Crippen LogP contribution is -2.30. The molecule has 0 radical (unpaired) electrons. The van der Waals surface area contributed by atoms with E-state index in [2.05, 4.69) is 87.6 Å². The van der Waals surface area contributed by atoms with Crippen molar-refractivity contribution in [3.8, 4) is 0 Å². The van der Waals surface area contributed by atoms with Gasteiger partial charge in [-0.1, -0.05) is 216 Å². The second-order valence-corrected chi connectivity index (χ2v) is 16.0. The highest BCUT2D eigenvalue weighted by Crippen LogP contribution is 2.14. The lowest BCUT2D eigenvalue weighted by atomic mass is 10.0. The Morgan fingerprint density at radius 2 is 0.845 bits per heavy atom. The maximum atomic E-state index is 12.7. The van der Waals surface area contributed by atoms with Crippen molar-refractivity contribution in [1.29, 1.82) is 0 Å². The highest BCUT2D eigenvalue weighted by Gasteiger charge is 2.17. The van der Waals surface area contributed by atoms with Crippen molar-refractivity contribution in [1.82, 2.24) is 0 Å². The molecule has 0 fully saturated rings. The van der Waals surface area contributed by atoms with E-state index in [-0.39, 0.29) is 25.2 Å². The number of hydrogen-bond acceptors (Lipinski definition) is 5. The fourth-order valence-electron chi connectivity index (χ4n) is 6.62. The van der Waals surface area contributed by atoms with Gasteiger partial charge in [-0.25, -0.2) is 0 Å². The van der Waals surface area contributed by atoms with Crippen molar-refractivity contribution in [2.75, 3.05) is 19.8 Å². The average molecular weight is 809 g/mol. The minimum absolute atomic E-state index is 0.0523. The third-order valence-corrected chi connectivity index (χ3v) is 10.2. The molecular weight excluding hydrogens is 717 g/mol. The molecule has 0 saturated carbocycles. The van der Waals surface area contributed by atoms with Crippen LogP contribution in [0.2, 0.25) is 0 Å². The Balaban J connectivity index is 4.35. The molecule has 0 bridgehead atoms. The molecular formula is C53H92O5. The van der Waals surface area contributed by atoms with Gasteiger partial charge in [-0.3, -0.25) is 9.59 Å². The number of esters is 2. The molecule has 5 heteroatoms. The van der Waals surface area contributed by atoms with Crippen molar-refractivity contribution in [3.05, 3.63) is 72.9 Å². The first-order valence-electron chi connectivity index (χ1n) is 24.5. The molecule has 0 heterocycles. The van der Waals surface area contributed by atoms with Crippen molar-refractivity contribution >= 4 is 11.9 Å². The van der Waals surface area contributed by atoms with Gasteiger partial charge in [0, 0.05) is 19.4 Å². The van der Waals surface area contributed by atoms with Crippen LogP contribution in [0.4, 0.5) is 0 Å². The molecule has 0 N–H and O–H groups in total. The number of ether oxygens (including phenoxy) is 3. The van der Waals surface area contributed by atoms with Crippen LogP contribution in [0.3, 0.4) is 0 Å². The third-order valence-electron chi connectivity index (χ3n) is 10.2. The summed E-state index contributed by atoms with van der Waals surface area (Å²) in [6.45, 7) is 7.56. The van der Waals surface area contributed by atoms with Gasteiger partial charge >= 0.3 is 11.9 Å². The van der Waals surface area contributed by atoms with E-state index < -0.39 is 6.10 Å². The zero-order chi connectivity index (χ0) is 42.1. The van der Waals surface area contributed by atoms with E-state index in [0.717, 1.165) is 57.8 Å². The van der Waals surface area contributed by atoms with Gasteiger partial charge in [0.05, 0.1) is 6.61 Å². The quantitative estimate of drug-likeness (QED) is 0.0348. The highest BCUT2D eigenvalue weighted by atomic mass is 16.6. The monoisotopic (exact) mass is 809 g/mol. The van der Waals surface area contributed by atoms with E-state index in [1.807, 2.05) is 6.08 Å². The zero-order valence-electron chi connectivity index (χ0n) is 38.3. The van der Waals surface area contributed by atoms with E-state index in [1.54, 1.807) is 0 Å². The molecule has 0 rings (SSSR count). The van der Waals surface area contributed by atoms with E-state index in [0.29, 0.717) is 25.9 Å². The number of carbonyl (C=O) groups is 2. The van der Waals surface area contributed by atoms with Crippen LogP contribution in [-0.2, 0) is 23.8 Å². The third kappa shape index (κ3) is 46.0. The first kappa shape index (κ1) is 55.3. The lowest BCUT2D eigenvalue weighted by Gasteiger charge is -2.18. The van der Waals surface area contributed by atoms with Gasteiger partial charge in [0.2, 0.25) is 0 Å². The zero-order valence-corrected chi connectivity index (χ0v) is 38.3. The van der Waals surface area contributed by atoms with Gasteiger partial charge < -0.3 is 14.2 Å². The van der Waals surface area contributed by atoms with Crippen LogP contribution in [0.5, 0.6) is 0 Å². The fourth-order valence-corrected chi connectivity index (χ4v) is 6.62. The minimum Gasteiger partial charge on any atom is -0.462 e. The molecule has 0 aliphatic heterocycles. The molecule has 0 saturated heterocycles. The van der Waals surface area contributed by atoms with Gasteiger partial charge in [0.15, 0.2) is 6.10 Å². The predicted molar refractivity (Wildman–Crippen MR) is 251 cm³/mol. The number of unbranched alkanes of at least 4 members (excludes halogenated alkanes) is 21. The lowest BCUT2D eigenvalue weighted by molar-refractivity contribution is -0.162. The molecule has 1 atom stereocenters. The van der Waals surface area contributed by atoms with Crippen molar-refractivity contribution in [2.24, 2.45) is 0 Å². The Morgan fingerprint density at radius 1 is 0.397 bits per heavy atom. The Kier molecular flexibility index (Phi) is 46.5. The highest BCUT2D eigenvalue weighted by molar-refractivity contribution is 5.70. The standard InChI is InChI=1S/C53H92O5/c1-4-7-10-13-16-19-22-25-27-29-31-34-37-40-43-46-52(54)57-50-51(49-56-48-45-42-39-36-33-30-26-23-20-17-14-11-8-5-2)58-53(55)47-44-41-38-35-32-28-24-21-18-15-12-9-6-3/h9,11-12,14,18,20-21,23,28,32,38,41,51H,4-8,10,13,15-17,19,22,24-27,29-31,33-37,39-40,42-50H2,1-3H3/b12-9-,14-11-,21-18-,23-20-,32-28-,41-38-. The molecule has 0 aromatic rings. The summed E-state index contributed by atoms with van der Waals surface area (Å²) >= 11 is 0. The molecule has 5 nitrogen and oxygen atoms in total. The molecule has 58 heavy (non-hydrogen) atoms. The topological polar surface area (TPSA) is 61.8 Å². The van der Waals surface area contributed by atoms with Crippen LogP contribution in [-0.4, -0.2) is 37.9 Å². The molecule has 0 aromatic heterocycles. The van der Waals surface area contributed by atoms with E-state index >= 15 is 0 Å². The Labute approximate surface area is 359 Å². The van der Waals surface area contributed by atoms with Crippen LogP contribution < -0.4 is 0 Å². The van der Waals surface area contributed by atoms with E-state index in [4.69, 9.17) is 14.2 Å². The van der Waals surface area contributed by atoms with Gasteiger partial charge in [0.1, 0.15) is 6.61 Å². The Hall–Kier alpha value is -2.66. The predicted octanol–water partition coefficient (Wildman–Crippen LogP) is 16.3. The number of carbonyl (C=O) groups excluding carboxylic acids is 2. The SMILES string of the molecule is CC/C=C\C/C=C\C/C=C\C/C=C\CCC(=O)OC(COCCCCCCCC/C=C\C/C=C\CCC)COC(=O)CCCCCCCCCCCCCCCCC. The smallest absolute Gasteiger partial charge is 0.306 e. The van der Waals surface area contributed by atoms with Gasteiger partial charge in [-0.15, -0.1) is 0 Å². The summed E-state index contributed by atoms with van der Waals surface area (Å²) < 4.78 is 17.3. The Bertz CT molecular complexity index is 1050. The van der Waals surface area contributed by atoms with Crippen LogP contribution in [0.15, 0.2) is 72.9 Å². The summed E-state index contributed by atoms with van der Waals surface area (Å²) in [4.78, 5) is 25.3. The minimum atomic E-state index is -0.579. The van der Waals surface area contributed by atoms with E-state index in [1.165, 1.54) is 128 Å². The summed E-state index contributed by atoms with van der Waals surface area (Å²) in [7, 11) is 0. The average Bonchev–Trinajstić information content (AvgIpc) is 3.22. The molecule has 0 spiro atoms. The van der Waals surface area contributed by atoms with E-state index in [9.17, 15) is 9.59 Å². The normalized spacial score (nSPS) is 12.8. The fraction of sp³-hybridized carbons (Fsp3) is 0.736. The number of hydrogen-bond donors (Lipinski definition) is 0. The Morgan fingerprint density at radius 3 is 1.38 bits per heavy atom. The summed E-state index contributed by atoms with van der Waals surface area (Å²) in [5.41, 5.74) is 0. The molecule has 0 aromatic carbocycles. The molecule has 0 amide bonds. The van der Waals surface area contributed by atoms with Gasteiger partial charge in [-0.2, -0.15) is 0 Å². The second kappa shape index (κ2) is 48.7.